The molecule has 0 saturated carbocycles. The van der Waals surface area contributed by atoms with Gasteiger partial charge in [0.05, 0.1) is 25.2 Å². The number of aromatic nitrogens is 2. The van der Waals surface area contributed by atoms with Crippen molar-refractivity contribution in [2.75, 3.05) is 20.3 Å². The van der Waals surface area contributed by atoms with Gasteiger partial charge in [-0.3, -0.25) is 0 Å². The van der Waals surface area contributed by atoms with E-state index in [1.807, 2.05) is 41.8 Å². The van der Waals surface area contributed by atoms with Crippen molar-refractivity contribution in [2.24, 2.45) is 0 Å². The molecule has 0 aliphatic carbocycles. The Hall–Kier alpha value is -2.14. The van der Waals surface area contributed by atoms with Crippen LogP contribution < -0.4 is 0 Å². The first-order valence-electron chi connectivity index (χ1n) is 6.47. The fraction of sp³-hybridized carbons (Fsp3) is 0.333. The summed E-state index contributed by atoms with van der Waals surface area (Å²) in [6.07, 6.45) is 3.17. The van der Waals surface area contributed by atoms with Gasteiger partial charge in [-0.15, -0.1) is 0 Å². The third-order valence-electron chi connectivity index (χ3n) is 3.10. The van der Waals surface area contributed by atoms with Crippen molar-refractivity contribution < 1.29 is 14.3 Å². The molecule has 2 rings (SSSR count). The first kappa shape index (κ1) is 14.3. The maximum Gasteiger partial charge on any atom is 0.356 e. The molecular formula is C15H18N2O3. The van der Waals surface area contributed by atoms with E-state index in [9.17, 15) is 4.79 Å². The Morgan fingerprint density at radius 3 is 2.75 bits per heavy atom. The van der Waals surface area contributed by atoms with Crippen LogP contribution in [0, 0.1) is 0 Å². The highest BCUT2D eigenvalue weighted by Crippen LogP contribution is 2.19. The van der Waals surface area contributed by atoms with Crippen molar-refractivity contribution >= 4 is 5.97 Å². The lowest BCUT2D eigenvalue weighted by atomic mass is 10.1. The van der Waals surface area contributed by atoms with Gasteiger partial charge in [-0.2, -0.15) is 0 Å². The second-order valence-electron chi connectivity index (χ2n) is 4.40. The quantitative estimate of drug-likeness (QED) is 0.599. The average molecular weight is 274 g/mol. The summed E-state index contributed by atoms with van der Waals surface area (Å²) in [6.45, 7) is 2.64. The molecular weight excluding hydrogens is 256 g/mol. The molecule has 0 saturated heterocycles. The molecule has 1 atom stereocenters. The molecule has 1 heterocycles. The van der Waals surface area contributed by atoms with Crippen LogP contribution in [0.15, 0.2) is 42.9 Å². The first-order chi connectivity index (χ1) is 9.74. The number of esters is 1. The van der Waals surface area contributed by atoms with Gasteiger partial charge in [0, 0.05) is 7.11 Å². The van der Waals surface area contributed by atoms with Crippen LogP contribution in [0.5, 0.6) is 0 Å². The van der Waals surface area contributed by atoms with Crippen LogP contribution in [0.25, 0.3) is 0 Å². The summed E-state index contributed by atoms with van der Waals surface area (Å²) in [5.74, 6) is -0.387. The molecule has 1 aromatic heterocycles. The molecule has 5 heteroatoms. The smallest absolute Gasteiger partial charge is 0.356 e. The summed E-state index contributed by atoms with van der Waals surface area (Å²) in [6, 6.07) is 9.96. The minimum Gasteiger partial charge on any atom is -0.459 e. The van der Waals surface area contributed by atoms with E-state index in [0.717, 1.165) is 5.56 Å². The molecule has 0 amide bonds. The topological polar surface area (TPSA) is 53.4 Å². The highest BCUT2D eigenvalue weighted by Gasteiger charge is 2.17. The summed E-state index contributed by atoms with van der Waals surface area (Å²) in [5, 5.41) is 0. The predicted octanol–water partition coefficient (Wildman–Crippen LogP) is 2.30. The summed E-state index contributed by atoms with van der Waals surface area (Å²) in [4.78, 5) is 16.0. The number of carbonyl (C=O) groups excluding carboxylic acids is 1. The number of rotatable bonds is 6. The van der Waals surface area contributed by atoms with Crippen LogP contribution in [-0.2, 0) is 9.47 Å². The van der Waals surface area contributed by atoms with Gasteiger partial charge in [0.25, 0.3) is 0 Å². The molecule has 20 heavy (non-hydrogen) atoms. The minimum absolute atomic E-state index is 0.0173. The minimum atomic E-state index is -0.387. The van der Waals surface area contributed by atoms with Crippen molar-refractivity contribution in [3.63, 3.8) is 0 Å². The molecule has 1 aromatic carbocycles. The monoisotopic (exact) mass is 274 g/mol. The van der Waals surface area contributed by atoms with Crippen molar-refractivity contribution in [1.29, 1.82) is 0 Å². The maximum absolute atomic E-state index is 12.0. The summed E-state index contributed by atoms with van der Waals surface area (Å²) < 4.78 is 11.8. The Bertz CT molecular complexity index is 551. The SMILES string of the molecule is COCCOC(=O)c1cncn1[C@H](C)c1ccccc1. The van der Waals surface area contributed by atoms with E-state index >= 15 is 0 Å². The molecule has 0 N–H and O–H groups in total. The Balaban J connectivity index is 2.14. The van der Waals surface area contributed by atoms with E-state index in [2.05, 4.69) is 4.98 Å². The average Bonchev–Trinajstić information content (AvgIpc) is 2.97. The van der Waals surface area contributed by atoms with Gasteiger partial charge in [-0.05, 0) is 12.5 Å². The first-order valence-corrected chi connectivity index (χ1v) is 6.47. The van der Waals surface area contributed by atoms with Gasteiger partial charge in [-0.1, -0.05) is 30.3 Å². The number of hydrogen-bond acceptors (Lipinski definition) is 4. The number of methoxy groups -OCH3 is 1. The van der Waals surface area contributed by atoms with Crippen LogP contribution >= 0.6 is 0 Å². The van der Waals surface area contributed by atoms with E-state index in [1.54, 1.807) is 13.4 Å². The lowest BCUT2D eigenvalue weighted by molar-refractivity contribution is 0.0375. The molecule has 0 fully saturated rings. The van der Waals surface area contributed by atoms with Crippen molar-refractivity contribution in [2.45, 2.75) is 13.0 Å². The fourth-order valence-electron chi connectivity index (χ4n) is 1.96. The lowest BCUT2D eigenvalue weighted by Gasteiger charge is -2.16. The van der Waals surface area contributed by atoms with E-state index in [0.29, 0.717) is 12.3 Å². The number of ether oxygens (including phenoxy) is 2. The molecule has 0 aliphatic rings. The summed E-state index contributed by atoms with van der Waals surface area (Å²) >= 11 is 0. The molecule has 0 bridgehead atoms. The zero-order valence-electron chi connectivity index (χ0n) is 11.7. The Morgan fingerprint density at radius 2 is 2.05 bits per heavy atom. The highest BCUT2D eigenvalue weighted by atomic mass is 16.6. The number of carbonyl (C=O) groups is 1. The zero-order valence-corrected chi connectivity index (χ0v) is 11.7. The van der Waals surface area contributed by atoms with E-state index in [-0.39, 0.29) is 18.6 Å². The van der Waals surface area contributed by atoms with Crippen molar-refractivity contribution in [3.05, 3.63) is 54.1 Å². The van der Waals surface area contributed by atoms with Gasteiger partial charge in [0.15, 0.2) is 0 Å². The Morgan fingerprint density at radius 1 is 1.30 bits per heavy atom. The van der Waals surface area contributed by atoms with Crippen LogP contribution in [0.3, 0.4) is 0 Å². The van der Waals surface area contributed by atoms with Crippen LogP contribution in [0.4, 0.5) is 0 Å². The zero-order chi connectivity index (χ0) is 14.4. The predicted molar refractivity (Wildman–Crippen MR) is 74.6 cm³/mol. The second-order valence-corrected chi connectivity index (χ2v) is 4.40. The van der Waals surface area contributed by atoms with E-state index < -0.39 is 0 Å². The molecule has 5 nitrogen and oxygen atoms in total. The normalized spacial score (nSPS) is 12.1. The number of benzene rings is 1. The van der Waals surface area contributed by atoms with E-state index in [1.165, 1.54) is 6.20 Å². The van der Waals surface area contributed by atoms with Crippen LogP contribution in [0.1, 0.15) is 29.0 Å². The highest BCUT2D eigenvalue weighted by molar-refractivity contribution is 5.87. The molecule has 0 unspecified atom stereocenters. The lowest BCUT2D eigenvalue weighted by Crippen LogP contribution is -2.17. The van der Waals surface area contributed by atoms with Crippen LogP contribution in [-0.4, -0.2) is 35.8 Å². The number of imidazole rings is 1. The van der Waals surface area contributed by atoms with Gasteiger partial charge in [-0.25, -0.2) is 9.78 Å². The van der Waals surface area contributed by atoms with Crippen LogP contribution in [0.2, 0.25) is 0 Å². The maximum atomic E-state index is 12.0. The molecule has 106 valence electrons. The molecule has 0 aliphatic heterocycles. The number of nitrogens with zero attached hydrogens (tertiary/aromatic N) is 2. The van der Waals surface area contributed by atoms with Crippen molar-refractivity contribution in [3.8, 4) is 0 Å². The van der Waals surface area contributed by atoms with Gasteiger partial charge < -0.3 is 14.0 Å². The van der Waals surface area contributed by atoms with Gasteiger partial charge in [0.2, 0.25) is 0 Å². The fourth-order valence-corrected chi connectivity index (χ4v) is 1.96. The Kier molecular flexibility index (Phi) is 4.90. The Labute approximate surface area is 118 Å². The summed E-state index contributed by atoms with van der Waals surface area (Å²) in [7, 11) is 1.57. The molecule has 0 radical (unpaired) electrons. The number of hydrogen-bond donors (Lipinski definition) is 0. The molecule has 0 spiro atoms. The second kappa shape index (κ2) is 6.86. The van der Waals surface area contributed by atoms with Gasteiger partial charge in [0.1, 0.15) is 12.3 Å². The largest absolute Gasteiger partial charge is 0.459 e. The molecule has 2 aromatic rings. The third kappa shape index (κ3) is 3.24. The summed E-state index contributed by atoms with van der Waals surface area (Å²) in [5.41, 5.74) is 1.55. The van der Waals surface area contributed by atoms with Crippen molar-refractivity contribution in [1.82, 2.24) is 9.55 Å². The third-order valence-corrected chi connectivity index (χ3v) is 3.10. The standard InChI is InChI=1S/C15H18N2O3/c1-12(13-6-4-3-5-7-13)17-11-16-10-14(17)15(18)20-9-8-19-2/h3-7,10-12H,8-9H2,1-2H3/t12-/m1/s1. The van der Waals surface area contributed by atoms with Gasteiger partial charge >= 0.3 is 5.97 Å². The van der Waals surface area contributed by atoms with E-state index in [4.69, 9.17) is 9.47 Å².